The molecule has 0 bridgehead atoms. The summed E-state index contributed by atoms with van der Waals surface area (Å²) in [5.74, 6) is 0.124. The number of benzene rings is 2. The molecular weight excluding hydrogens is 336 g/mol. The lowest BCUT2D eigenvalue weighted by Crippen LogP contribution is -2.36. The molecule has 1 fully saturated rings. The Morgan fingerprint density at radius 3 is 2.70 bits per heavy atom. The molecule has 138 valence electrons. The Hall–Kier alpha value is -2.59. The van der Waals surface area contributed by atoms with Gasteiger partial charge in [0.1, 0.15) is 0 Å². The smallest absolute Gasteiger partial charge is 0.255 e. The van der Waals surface area contributed by atoms with Gasteiger partial charge in [-0.05, 0) is 37.5 Å². The number of aryl methyl sites for hydroxylation is 1. The first-order chi connectivity index (χ1) is 13.2. The normalized spacial score (nSPS) is 22.0. The number of hydrogen-bond donors (Lipinski definition) is 0. The van der Waals surface area contributed by atoms with Gasteiger partial charge in [0.05, 0.1) is 12.1 Å². The van der Waals surface area contributed by atoms with E-state index in [2.05, 4.69) is 48.9 Å². The molecule has 2 aromatic carbocycles. The van der Waals surface area contributed by atoms with Crippen LogP contribution in [-0.2, 0) is 11.8 Å². The molecular formula is C23H24N2O2. The highest BCUT2D eigenvalue weighted by Crippen LogP contribution is 2.43. The molecule has 27 heavy (non-hydrogen) atoms. The third-order valence-corrected chi connectivity index (χ3v) is 6.20. The topological polar surface area (TPSA) is 34.5 Å². The first kappa shape index (κ1) is 16.6. The van der Waals surface area contributed by atoms with Crippen molar-refractivity contribution in [3.05, 3.63) is 70.9 Å². The van der Waals surface area contributed by atoms with Crippen LogP contribution in [0.3, 0.4) is 0 Å². The molecule has 0 saturated carbocycles. The molecule has 3 heterocycles. The summed E-state index contributed by atoms with van der Waals surface area (Å²) in [6.07, 6.45) is 2.25. The highest BCUT2D eigenvalue weighted by Gasteiger charge is 2.41. The van der Waals surface area contributed by atoms with Crippen molar-refractivity contribution >= 4 is 16.8 Å². The summed E-state index contributed by atoms with van der Waals surface area (Å²) >= 11 is 0. The molecule has 1 saturated heterocycles. The fourth-order valence-corrected chi connectivity index (χ4v) is 4.77. The fourth-order valence-electron chi connectivity index (χ4n) is 4.77. The second kappa shape index (κ2) is 6.24. The number of fused-ring (bicyclic) bond motifs is 2. The highest BCUT2D eigenvalue weighted by molar-refractivity contribution is 6.01. The lowest BCUT2D eigenvalue weighted by Gasteiger charge is -2.28. The van der Waals surface area contributed by atoms with Gasteiger partial charge in [-0.2, -0.15) is 0 Å². The van der Waals surface area contributed by atoms with Crippen molar-refractivity contribution in [2.24, 2.45) is 7.05 Å². The van der Waals surface area contributed by atoms with Gasteiger partial charge in [0, 0.05) is 47.9 Å². The fraction of sp³-hybridized carbons (Fsp3) is 0.348. The molecule has 0 radical (unpaired) electrons. The Morgan fingerprint density at radius 2 is 1.89 bits per heavy atom. The number of hydrogen-bond acceptors (Lipinski definition) is 2. The molecule has 2 aliphatic heterocycles. The summed E-state index contributed by atoms with van der Waals surface area (Å²) < 4.78 is 8.11. The number of amides is 1. The second-order valence-corrected chi connectivity index (χ2v) is 7.66. The van der Waals surface area contributed by atoms with Gasteiger partial charge in [-0.1, -0.05) is 36.4 Å². The van der Waals surface area contributed by atoms with Crippen LogP contribution in [0.15, 0.2) is 48.5 Å². The molecule has 3 aromatic rings. The third kappa shape index (κ3) is 2.43. The second-order valence-electron chi connectivity index (χ2n) is 7.66. The lowest BCUT2D eigenvalue weighted by molar-refractivity contribution is 0.0500. The van der Waals surface area contributed by atoms with E-state index in [1.807, 2.05) is 23.1 Å². The minimum Gasteiger partial charge on any atom is -0.376 e. The van der Waals surface area contributed by atoms with E-state index in [4.69, 9.17) is 4.74 Å². The number of nitrogens with zero attached hydrogens (tertiary/aromatic N) is 2. The Bertz CT molecular complexity index is 1030. The first-order valence-corrected chi connectivity index (χ1v) is 9.72. The van der Waals surface area contributed by atoms with Crippen molar-refractivity contribution in [2.75, 3.05) is 13.2 Å². The molecule has 4 heteroatoms. The van der Waals surface area contributed by atoms with Crippen LogP contribution in [-0.4, -0.2) is 34.6 Å². The van der Waals surface area contributed by atoms with Crippen LogP contribution >= 0.6 is 0 Å². The molecule has 0 aliphatic carbocycles. The van der Waals surface area contributed by atoms with E-state index < -0.39 is 0 Å². The summed E-state index contributed by atoms with van der Waals surface area (Å²) in [6.45, 7) is 3.61. The van der Waals surface area contributed by atoms with Crippen LogP contribution in [0, 0.1) is 6.92 Å². The van der Waals surface area contributed by atoms with Crippen molar-refractivity contribution in [3.8, 4) is 0 Å². The number of rotatable bonds is 3. The Morgan fingerprint density at radius 1 is 1.11 bits per heavy atom. The van der Waals surface area contributed by atoms with E-state index in [1.54, 1.807) is 0 Å². The van der Waals surface area contributed by atoms with Gasteiger partial charge in [0.15, 0.2) is 0 Å². The van der Waals surface area contributed by atoms with Crippen LogP contribution in [0.2, 0.25) is 0 Å². The van der Waals surface area contributed by atoms with Gasteiger partial charge >= 0.3 is 0 Å². The van der Waals surface area contributed by atoms with Crippen molar-refractivity contribution in [3.63, 3.8) is 0 Å². The Balaban J connectivity index is 1.70. The standard InChI is InChI=1S/C23H24N2O2/c1-15-21(19-11-5-6-12-20(19)24(15)2)22-17-9-3-4-10-18(17)23(26)25(22)14-16-8-7-13-27-16/h3-6,9-12,16,22H,7-8,13-14H2,1-2H3/t16-,22+/m1/s1. The van der Waals surface area contributed by atoms with E-state index in [1.165, 1.54) is 22.2 Å². The largest absolute Gasteiger partial charge is 0.376 e. The summed E-state index contributed by atoms with van der Waals surface area (Å²) in [4.78, 5) is 15.3. The average Bonchev–Trinajstić information content (AvgIpc) is 3.36. The zero-order chi connectivity index (χ0) is 18.5. The number of ether oxygens (including phenoxy) is 1. The van der Waals surface area contributed by atoms with Gasteiger partial charge < -0.3 is 14.2 Å². The Kier molecular flexibility index (Phi) is 3.83. The molecule has 4 nitrogen and oxygen atoms in total. The van der Waals surface area contributed by atoms with Crippen LogP contribution in [0.1, 0.15) is 46.1 Å². The maximum absolute atomic E-state index is 13.3. The Labute approximate surface area is 159 Å². The predicted molar refractivity (Wildman–Crippen MR) is 106 cm³/mol. The number of para-hydroxylation sites is 1. The quantitative estimate of drug-likeness (QED) is 0.701. The van der Waals surface area contributed by atoms with E-state index in [9.17, 15) is 4.79 Å². The third-order valence-electron chi connectivity index (χ3n) is 6.20. The number of carbonyl (C=O) groups is 1. The molecule has 2 atom stereocenters. The van der Waals surface area contributed by atoms with Crippen molar-refractivity contribution in [1.29, 1.82) is 0 Å². The molecule has 0 spiro atoms. The van der Waals surface area contributed by atoms with Gasteiger partial charge in [-0.25, -0.2) is 0 Å². The summed E-state index contributed by atoms with van der Waals surface area (Å²) in [7, 11) is 2.11. The maximum atomic E-state index is 13.3. The van der Waals surface area contributed by atoms with Gasteiger partial charge in [-0.3, -0.25) is 4.79 Å². The van der Waals surface area contributed by atoms with Crippen LogP contribution in [0.4, 0.5) is 0 Å². The molecule has 1 amide bonds. The van der Waals surface area contributed by atoms with Crippen molar-refractivity contribution < 1.29 is 9.53 Å². The highest BCUT2D eigenvalue weighted by atomic mass is 16.5. The average molecular weight is 360 g/mol. The first-order valence-electron chi connectivity index (χ1n) is 9.72. The molecule has 0 unspecified atom stereocenters. The van der Waals surface area contributed by atoms with Crippen LogP contribution < -0.4 is 0 Å². The van der Waals surface area contributed by atoms with Gasteiger partial charge in [0.25, 0.3) is 5.91 Å². The summed E-state index contributed by atoms with van der Waals surface area (Å²) in [5.41, 5.74) is 5.60. The van der Waals surface area contributed by atoms with Crippen molar-refractivity contribution in [1.82, 2.24) is 9.47 Å². The van der Waals surface area contributed by atoms with E-state index >= 15 is 0 Å². The SMILES string of the molecule is Cc1c([C@@H]2c3ccccc3C(=O)N2C[C@H]2CCCO2)c2ccccc2n1C. The van der Waals surface area contributed by atoms with Crippen LogP contribution in [0.25, 0.3) is 10.9 Å². The minimum atomic E-state index is -0.0519. The van der Waals surface area contributed by atoms with Gasteiger partial charge in [-0.15, -0.1) is 0 Å². The zero-order valence-corrected chi connectivity index (χ0v) is 15.8. The minimum absolute atomic E-state index is 0.0519. The monoisotopic (exact) mass is 360 g/mol. The predicted octanol–water partition coefficient (Wildman–Crippen LogP) is 4.21. The zero-order valence-electron chi connectivity index (χ0n) is 15.8. The van der Waals surface area contributed by atoms with Gasteiger partial charge in [0.2, 0.25) is 0 Å². The summed E-state index contributed by atoms with van der Waals surface area (Å²) in [6, 6.07) is 16.5. The molecule has 2 aliphatic rings. The van der Waals surface area contributed by atoms with E-state index in [0.29, 0.717) is 6.54 Å². The molecule has 0 N–H and O–H groups in total. The summed E-state index contributed by atoms with van der Waals surface area (Å²) in [5, 5.41) is 1.23. The van der Waals surface area contributed by atoms with Crippen LogP contribution in [0.5, 0.6) is 0 Å². The van der Waals surface area contributed by atoms with Crippen molar-refractivity contribution in [2.45, 2.75) is 31.9 Å². The maximum Gasteiger partial charge on any atom is 0.255 e. The number of carbonyl (C=O) groups excluding carboxylic acids is 1. The number of aromatic nitrogens is 1. The lowest BCUT2D eigenvalue weighted by atomic mass is 9.95. The molecule has 5 rings (SSSR count). The van der Waals surface area contributed by atoms with E-state index in [0.717, 1.165) is 30.6 Å². The molecule has 1 aromatic heterocycles. The van der Waals surface area contributed by atoms with E-state index in [-0.39, 0.29) is 18.1 Å².